The molecule has 1 N–H and O–H groups in total. The Morgan fingerprint density at radius 3 is 2.81 bits per heavy atom. The predicted molar refractivity (Wildman–Crippen MR) is 90.3 cm³/mol. The minimum absolute atomic E-state index is 0.187. The minimum Gasteiger partial charge on any atom is -0.459 e. The molecule has 1 atom stereocenters. The van der Waals surface area contributed by atoms with Crippen LogP contribution in [0.4, 0.5) is 0 Å². The summed E-state index contributed by atoms with van der Waals surface area (Å²) in [6, 6.07) is 14.5. The highest BCUT2D eigenvalue weighted by molar-refractivity contribution is 7.16. The average molecular weight is 320 g/mol. The maximum Gasteiger partial charge on any atom is 0.134 e. The van der Waals surface area contributed by atoms with Crippen molar-refractivity contribution in [3.8, 4) is 0 Å². The van der Waals surface area contributed by atoms with Gasteiger partial charge in [-0.3, -0.25) is 0 Å². The molecule has 3 aromatic rings. The van der Waals surface area contributed by atoms with Gasteiger partial charge in [0.25, 0.3) is 0 Å². The Kier molecular flexibility index (Phi) is 4.63. The topological polar surface area (TPSA) is 25.2 Å². The van der Waals surface area contributed by atoms with Crippen LogP contribution in [0.5, 0.6) is 0 Å². The van der Waals surface area contributed by atoms with E-state index in [4.69, 9.17) is 16.0 Å². The summed E-state index contributed by atoms with van der Waals surface area (Å²) in [7, 11) is 0. The van der Waals surface area contributed by atoms with Gasteiger partial charge in [0.2, 0.25) is 0 Å². The number of nitrogens with one attached hydrogen (secondary N) is 1. The van der Waals surface area contributed by atoms with Crippen molar-refractivity contribution in [2.45, 2.75) is 25.8 Å². The molecule has 1 unspecified atom stereocenters. The third kappa shape index (κ3) is 3.49. The maximum atomic E-state index is 6.03. The normalized spacial score (nSPS) is 12.9. The minimum atomic E-state index is 0.187. The van der Waals surface area contributed by atoms with Gasteiger partial charge < -0.3 is 9.73 Å². The first-order valence-electron chi connectivity index (χ1n) is 7.22. The number of hydrogen-bond acceptors (Lipinski definition) is 3. The van der Waals surface area contributed by atoms with Crippen LogP contribution in [0.3, 0.4) is 0 Å². The van der Waals surface area contributed by atoms with Gasteiger partial charge in [-0.15, -0.1) is 11.3 Å². The average Bonchev–Trinajstić information content (AvgIpc) is 3.09. The molecule has 0 bridgehead atoms. The number of halogens is 1. The van der Waals surface area contributed by atoms with Crippen molar-refractivity contribution in [2.75, 3.05) is 6.54 Å². The Bertz CT molecular complexity index is 685. The maximum absolute atomic E-state index is 6.03. The summed E-state index contributed by atoms with van der Waals surface area (Å²) in [6.07, 6.45) is 2.00. The fraction of sp³-hybridized carbons (Fsp3) is 0.294. The molecule has 4 heteroatoms. The summed E-state index contributed by atoms with van der Waals surface area (Å²) in [4.78, 5) is 1.27. The molecule has 1 aromatic carbocycles. The second kappa shape index (κ2) is 6.65. The van der Waals surface area contributed by atoms with Crippen LogP contribution in [0.15, 0.2) is 46.9 Å². The van der Waals surface area contributed by atoms with Crippen LogP contribution in [0.25, 0.3) is 11.0 Å². The number of hydrogen-bond donors (Lipinski definition) is 1. The van der Waals surface area contributed by atoms with E-state index in [1.807, 2.05) is 24.3 Å². The van der Waals surface area contributed by atoms with Crippen LogP contribution in [0.2, 0.25) is 4.34 Å². The van der Waals surface area contributed by atoms with E-state index in [1.165, 1.54) is 4.88 Å². The van der Waals surface area contributed by atoms with Crippen LogP contribution >= 0.6 is 22.9 Å². The molecular weight excluding hydrogens is 302 g/mol. The first-order valence-corrected chi connectivity index (χ1v) is 8.42. The molecule has 0 radical (unpaired) electrons. The predicted octanol–water partition coefficient (Wildman–Crippen LogP) is 5.43. The molecule has 0 spiro atoms. The van der Waals surface area contributed by atoms with Gasteiger partial charge in [-0.2, -0.15) is 0 Å². The molecule has 0 amide bonds. The molecule has 110 valence electrons. The highest BCUT2D eigenvalue weighted by Gasteiger charge is 2.17. The summed E-state index contributed by atoms with van der Waals surface area (Å²) >= 11 is 7.67. The molecule has 3 rings (SSSR count). The van der Waals surface area contributed by atoms with Gasteiger partial charge in [-0.1, -0.05) is 36.7 Å². The van der Waals surface area contributed by atoms with E-state index in [-0.39, 0.29) is 6.04 Å². The van der Waals surface area contributed by atoms with Gasteiger partial charge in [0.1, 0.15) is 11.3 Å². The van der Waals surface area contributed by atoms with E-state index in [2.05, 4.69) is 30.4 Å². The highest BCUT2D eigenvalue weighted by Crippen LogP contribution is 2.29. The van der Waals surface area contributed by atoms with Gasteiger partial charge in [0, 0.05) is 16.7 Å². The molecule has 0 saturated carbocycles. The summed E-state index contributed by atoms with van der Waals surface area (Å²) in [6.45, 7) is 3.14. The van der Waals surface area contributed by atoms with Gasteiger partial charge in [0.05, 0.1) is 10.4 Å². The Morgan fingerprint density at radius 1 is 1.24 bits per heavy atom. The van der Waals surface area contributed by atoms with Crippen LogP contribution in [-0.2, 0) is 6.42 Å². The zero-order valence-electron chi connectivity index (χ0n) is 11.9. The molecule has 0 aliphatic rings. The molecule has 0 aliphatic carbocycles. The quantitative estimate of drug-likeness (QED) is 0.655. The van der Waals surface area contributed by atoms with Crippen molar-refractivity contribution in [1.29, 1.82) is 0 Å². The van der Waals surface area contributed by atoms with Crippen molar-refractivity contribution < 1.29 is 4.42 Å². The van der Waals surface area contributed by atoms with Crippen LogP contribution in [0, 0.1) is 0 Å². The monoisotopic (exact) mass is 319 g/mol. The summed E-state index contributed by atoms with van der Waals surface area (Å²) in [5.74, 6) is 0.995. The molecule has 2 nitrogen and oxygen atoms in total. The van der Waals surface area contributed by atoms with E-state index >= 15 is 0 Å². The third-order valence-corrected chi connectivity index (χ3v) is 4.72. The van der Waals surface area contributed by atoms with E-state index in [0.29, 0.717) is 0 Å². The molecule has 0 fully saturated rings. The number of para-hydroxylation sites is 1. The lowest BCUT2D eigenvalue weighted by Crippen LogP contribution is -2.23. The van der Waals surface area contributed by atoms with Gasteiger partial charge >= 0.3 is 0 Å². The van der Waals surface area contributed by atoms with Crippen molar-refractivity contribution in [2.24, 2.45) is 0 Å². The van der Waals surface area contributed by atoms with Gasteiger partial charge in [0.15, 0.2) is 0 Å². The van der Waals surface area contributed by atoms with E-state index < -0.39 is 0 Å². The molecule has 0 saturated heterocycles. The zero-order valence-corrected chi connectivity index (χ0v) is 13.5. The lowest BCUT2D eigenvalue weighted by atomic mass is 10.1. The van der Waals surface area contributed by atoms with Gasteiger partial charge in [-0.25, -0.2) is 0 Å². The number of fused-ring (bicyclic) bond motifs is 1. The largest absolute Gasteiger partial charge is 0.459 e. The van der Waals surface area contributed by atoms with Crippen LogP contribution in [-0.4, -0.2) is 6.54 Å². The first-order chi connectivity index (χ1) is 10.3. The fourth-order valence-corrected chi connectivity index (χ4v) is 3.56. The number of furan rings is 1. The van der Waals surface area contributed by atoms with Crippen molar-refractivity contribution in [3.05, 3.63) is 57.4 Å². The van der Waals surface area contributed by atoms with E-state index in [1.54, 1.807) is 11.3 Å². The van der Waals surface area contributed by atoms with E-state index in [0.717, 1.165) is 40.5 Å². The van der Waals surface area contributed by atoms with Crippen LogP contribution < -0.4 is 5.32 Å². The van der Waals surface area contributed by atoms with E-state index in [9.17, 15) is 0 Å². The number of benzene rings is 1. The Hall–Kier alpha value is -1.29. The SMILES string of the molecule is CCCNC(Cc1ccc(Cl)s1)c1cc2ccccc2o1. The van der Waals surface area contributed by atoms with Crippen molar-refractivity contribution in [3.63, 3.8) is 0 Å². The number of thiophene rings is 1. The lowest BCUT2D eigenvalue weighted by Gasteiger charge is -2.15. The molecule has 21 heavy (non-hydrogen) atoms. The zero-order chi connectivity index (χ0) is 14.7. The molecular formula is C17H18ClNOS. The summed E-state index contributed by atoms with van der Waals surface area (Å²) in [5.41, 5.74) is 0.944. The Labute approximate surface area is 133 Å². The first kappa shape index (κ1) is 14.6. The molecule has 2 aromatic heterocycles. The fourth-order valence-electron chi connectivity index (χ4n) is 2.43. The molecule has 2 heterocycles. The Morgan fingerprint density at radius 2 is 2.10 bits per heavy atom. The third-order valence-electron chi connectivity index (χ3n) is 3.46. The Balaban J connectivity index is 1.86. The smallest absolute Gasteiger partial charge is 0.134 e. The van der Waals surface area contributed by atoms with Crippen molar-refractivity contribution in [1.82, 2.24) is 5.32 Å². The second-order valence-electron chi connectivity index (χ2n) is 5.10. The lowest BCUT2D eigenvalue weighted by molar-refractivity contribution is 0.429. The highest BCUT2D eigenvalue weighted by atomic mass is 35.5. The summed E-state index contributed by atoms with van der Waals surface area (Å²) < 4.78 is 6.85. The van der Waals surface area contributed by atoms with Crippen molar-refractivity contribution >= 4 is 33.9 Å². The van der Waals surface area contributed by atoms with Crippen LogP contribution in [0.1, 0.15) is 30.0 Å². The standard InChI is InChI=1S/C17H18ClNOS/c1-2-9-19-14(11-13-7-8-17(18)21-13)16-10-12-5-3-4-6-15(12)20-16/h3-8,10,14,19H,2,9,11H2,1H3. The number of rotatable bonds is 6. The second-order valence-corrected chi connectivity index (χ2v) is 6.90. The summed E-state index contributed by atoms with van der Waals surface area (Å²) in [5, 5.41) is 4.73. The van der Waals surface area contributed by atoms with Gasteiger partial charge in [-0.05, 0) is 37.2 Å². The molecule has 0 aliphatic heterocycles.